The summed E-state index contributed by atoms with van der Waals surface area (Å²) in [7, 11) is 0. The second kappa shape index (κ2) is 5.19. The highest BCUT2D eigenvalue weighted by Gasteiger charge is 2.44. The Morgan fingerprint density at radius 3 is 2.42 bits per heavy atom. The van der Waals surface area contributed by atoms with E-state index in [0.717, 1.165) is 0 Å². The van der Waals surface area contributed by atoms with Gasteiger partial charge in [-0.05, 0) is 6.07 Å². The molecule has 0 aliphatic carbocycles. The van der Waals surface area contributed by atoms with Crippen molar-refractivity contribution in [3.8, 4) is 0 Å². The number of nitro groups is 1. The monoisotopic (exact) mass is 329 g/mol. The van der Waals surface area contributed by atoms with Gasteiger partial charge in [0.25, 0.3) is 5.69 Å². The lowest BCUT2D eigenvalue weighted by Crippen LogP contribution is -2.47. The number of para-hydroxylation sites is 1. The van der Waals surface area contributed by atoms with E-state index in [1.807, 2.05) is 13.8 Å². The summed E-state index contributed by atoms with van der Waals surface area (Å²) in [4.78, 5) is 10.7. The first-order chi connectivity index (χ1) is 8.90. The first-order valence-electron chi connectivity index (χ1n) is 5.98. The lowest BCUT2D eigenvalue weighted by atomic mass is 9.93. The fourth-order valence-corrected chi connectivity index (χ4v) is 2.59. The average molecular weight is 330 g/mol. The number of halogens is 1. The first kappa shape index (κ1) is 14.4. The minimum atomic E-state index is -1.08. The van der Waals surface area contributed by atoms with Gasteiger partial charge in [0.05, 0.1) is 29.0 Å². The summed E-state index contributed by atoms with van der Waals surface area (Å²) >= 11 is 3.35. The number of hydrogen-bond donors (Lipinski definition) is 0. The molecule has 1 aromatic rings. The summed E-state index contributed by atoms with van der Waals surface area (Å²) in [6.07, 6.45) is 0. The van der Waals surface area contributed by atoms with E-state index in [1.54, 1.807) is 18.2 Å². The van der Waals surface area contributed by atoms with Gasteiger partial charge >= 0.3 is 0 Å². The highest BCUT2D eigenvalue weighted by Crippen LogP contribution is 2.41. The lowest BCUT2D eigenvalue weighted by molar-refractivity contribution is -0.390. The van der Waals surface area contributed by atoms with Crippen LogP contribution in [0.15, 0.2) is 24.3 Å². The van der Waals surface area contributed by atoms with Crippen molar-refractivity contribution in [3.05, 3.63) is 39.9 Å². The van der Waals surface area contributed by atoms with Crippen molar-refractivity contribution in [1.82, 2.24) is 0 Å². The number of ether oxygens (including phenoxy) is 2. The molecule has 0 unspecified atom stereocenters. The van der Waals surface area contributed by atoms with E-state index < -0.39 is 10.7 Å². The quantitative estimate of drug-likeness (QED) is 0.485. The number of rotatable bonds is 3. The smallest absolute Gasteiger partial charge is 0.278 e. The maximum absolute atomic E-state index is 11.1. The summed E-state index contributed by atoms with van der Waals surface area (Å²) < 4.78 is 11.7. The molecule has 2 rings (SSSR count). The fraction of sp³-hybridized carbons (Fsp3) is 0.538. The van der Waals surface area contributed by atoms with Gasteiger partial charge in [0.15, 0.2) is 0 Å². The second-order valence-electron chi connectivity index (χ2n) is 5.40. The predicted octanol–water partition coefficient (Wildman–Crippen LogP) is 3.22. The Balaban J connectivity index is 2.40. The van der Waals surface area contributed by atoms with E-state index in [-0.39, 0.29) is 11.1 Å². The van der Waals surface area contributed by atoms with E-state index in [9.17, 15) is 10.1 Å². The highest BCUT2D eigenvalue weighted by atomic mass is 79.9. The van der Waals surface area contributed by atoms with E-state index in [4.69, 9.17) is 9.47 Å². The minimum absolute atomic E-state index is 0.0154. The molecule has 0 saturated carbocycles. The molecule has 0 amide bonds. The van der Waals surface area contributed by atoms with Crippen LogP contribution in [0.1, 0.15) is 19.4 Å². The molecule has 0 spiro atoms. The Morgan fingerprint density at radius 2 is 1.89 bits per heavy atom. The van der Waals surface area contributed by atoms with Crippen molar-refractivity contribution >= 4 is 21.6 Å². The molecule has 0 bridgehead atoms. The molecule has 0 radical (unpaired) electrons. The SMILES string of the molecule is CC1(C)COC(CBr)(c2ccccc2[N+](=O)[O-])OC1. The van der Waals surface area contributed by atoms with Crippen molar-refractivity contribution in [2.24, 2.45) is 5.41 Å². The Morgan fingerprint density at radius 1 is 1.32 bits per heavy atom. The van der Waals surface area contributed by atoms with Crippen LogP contribution in [0.5, 0.6) is 0 Å². The van der Waals surface area contributed by atoms with Crippen LogP contribution >= 0.6 is 15.9 Å². The maximum atomic E-state index is 11.1. The average Bonchev–Trinajstić information content (AvgIpc) is 2.39. The molecule has 6 heteroatoms. The van der Waals surface area contributed by atoms with Crippen LogP contribution in [-0.2, 0) is 15.3 Å². The molecule has 1 saturated heterocycles. The number of nitrogens with zero attached hydrogens (tertiary/aromatic N) is 1. The molecule has 1 fully saturated rings. The van der Waals surface area contributed by atoms with E-state index in [0.29, 0.717) is 24.1 Å². The highest BCUT2D eigenvalue weighted by molar-refractivity contribution is 9.09. The van der Waals surface area contributed by atoms with Crippen LogP contribution in [0.4, 0.5) is 5.69 Å². The number of hydrogen-bond acceptors (Lipinski definition) is 4. The molecule has 5 nitrogen and oxygen atoms in total. The number of alkyl halides is 1. The largest absolute Gasteiger partial charge is 0.344 e. The Bertz CT molecular complexity index is 479. The Kier molecular flexibility index (Phi) is 3.94. The van der Waals surface area contributed by atoms with Crippen LogP contribution < -0.4 is 0 Å². The van der Waals surface area contributed by atoms with Crippen LogP contribution in [0, 0.1) is 15.5 Å². The van der Waals surface area contributed by atoms with Gasteiger partial charge in [-0.15, -0.1) is 0 Å². The van der Waals surface area contributed by atoms with Crippen LogP contribution in [0.25, 0.3) is 0 Å². The number of nitro benzene ring substituents is 1. The zero-order valence-corrected chi connectivity index (χ0v) is 12.5. The number of benzene rings is 1. The summed E-state index contributed by atoms with van der Waals surface area (Å²) in [5.74, 6) is -1.08. The zero-order valence-electron chi connectivity index (χ0n) is 10.9. The molecular formula is C13H16BrNO4. The van der Waals surface area contributed by atoms with Gasteiger partial charge in [-0.25, -0.2) is 0 Å². The molecule has 0 aromatic heterocycles. The summed E-state index contributed by atoms with van der Waals surface area (Å²) in [5, 5.41) is 11.5. The lowest BCUT2D eigenvalue weighted by Gasteiger charge is -2.42. The van der Waals surface area contributed by atoms with Crippen LogP contribution in [0.3, 0.4) is 0 Å². The Hall–Kier alpha value is -0.980. The van der Waals surface area contributed by atoms with Crippen molar-refractivity contribution in [1.29, 1.82) is 0 Å². The normalized spacial score (nSPS) is 21.0. The van der Waals surface area contributed by atoms with Gasteiger partial charge in [0.1, 0.15) is 0 Å². The zero-order chi connectivity index (χ0) is 14.1. The topological polar surface area (TPSA) is 61.6 Å². The van der Waals surface area contributed by atoms with Crippen molar-refractivity contribution in [2.45, 2.75) is 19.6 Å². The third-order valence-corrected chi connectivity index (χ3v) is 3.82. The minimum Gasteiger partial charge on any atom is -0.344 e. The van der Waals surface area contributed by atoms with Gasteiger partial charge in [-0.3, -0.25) is 10.1 Å². The second-order valence-corrected chi connectivity index (χ2v) is 5.96. The van der Waals surface area contributed by atoms with Crippen molar-refractivity contribution in [2.75, 3.05) is 18.5 Å². The summed E-state index contributed by atoms with van der Waals surface area (Å²) in [6.45, 7) is 5.05. The van der Waals surface area contributed by atoms with Crippen molar-refractivity contribution < 1.29 is 14.4 Å². The molecule has 0 atom stereocenters. The summed E-state index contributed by atoms with van der Waals surface area (Å²) in [6, 6.07) is 6.53. The van der Waals surface area contributed by atoms with Gasteiger partial charge in [-0.2, -0.15) is 0 Å². The third kappa shape index (κ3) is 2.80. The molecular weight excluding hydrogens is 314 g/mol. The van der Waals surface area contributed by atoms with Crippen molar-refractivity contribution in [3.63, 3.8) is 0 Å². The molecule has 1 aliphatic rings. The van der Waals surface area contributed by atoms with E-state index in [1.165, 1.54) is 6.07 Å². The van der Waals surface area contributed by atoms with E-state index in [2.05, 4.69) is 15.9 Å². The van der Waals surface area contributed by atoms with Gasteiger partial charge in [0, 0.05) is 11.5 Å². The van der Waals surface area contributed by atoms with Gasteiger partial charge in [0.2, 0.25) is 5.79 Å². The van der Waals surface area contributed by atoms with Gasteiger partial charge < -0.3 is 9.47 Å². The first-order valence-corrected chi connectivity index (χ1v) is 7.10. The molecule has 104 valence electrons. The molecule has 1 aromatic carbocycles. The van der Waals surface area contributed by atoms with Gasteiger partial charge in [-0.1, -0.05) is 41.9 Å². The third-order valence-electron chi connectivity index (χ3n) is 3.08. The molecule has 0 N–H and O–H groups in total. The maximum Gasteiger partial charge on any atom is 0.278 e. The standard InChI is InChI=1S/C13H16BrNO4/c1-12(2)8-18-13(7-14,19-9-12)10-5-3-4-6-11(10)15(16)17/h3-6H,7-9H2,1-2H3. The molecule has 1 aliphatic heterocycles. The van der Waals surface area contributed by atoms with Crippen LogP contribution in [-0.4, -0.2) is 23.5 Å². The predicted molar refractivity (Wildman–Crippen MR) is 74.3 cm³/mol. The summed E-state index contributed by atoms with van der Waals surface area (Å²) in [5.41, 5.74) is 0.379. The molecule has 1 heterocycles. The molecule has 19 heavy (non-hydrogen) atoms. The fourth-order valence-electron chi connectivity index (χ4n) is 1.97. The Labute approximate surface area is 120 Å². The van der Waals surface area contributed by atoms with Crippen LogP contribution in [0.2, 0.25) is 0 Å². The van der Waals surface area contributed by atoms with E-state index >= 15 is 0 Å².